The Bertz CT molecular complexity index is 10900. The molecular weight excluding hydrogens is 1820 g/mol. The smallest absolute Gasteiger partial charge is 0.247 e. The van der Waals surface area contributed by atoms with Crippen molar-refractivity contribution in [3.8, 4) is 62.5 Å². The fourth-order valence-corrected chi connectivity index (χ4v) is 27.4. The maximum absolute atomic E-state index is 6.34. The number of furan rings is 1. The van der Waals surface area contributed by atoms with Gasteiger partial charge in [0.2, 0.25) is 5.71 Å². The van der Waals surface area contributed by atoms with Crippen molar-refractivity contribution >= 4 is 279 Å². The molecule has 1 aliphatic rings. The van der Waals surface area contributed by atoms with E-state index >= 15 is 0 Å². The zero-order valence-electron chi connectivity index (χ0n) is 76.9. The molecule has 0 bridgehead atoms. The van der Waals surface area contributed by atoms with Gasteiger partial charge < -0.3 is 4.42 Å². The van der Waals surface area contributed by atoms with Crippen LogP contribution in [0.2, 0.25) is 0 Å². The van der Waals surface area contributed by atoms with E-state index in [4.69, 9.17) is 34.3 Å². The lowest BCUT2D eigenvalue weighted by Gasteiger charge is -2.21. The molecule has 0 radical (unpaired) electrons. The Labute approximate surface area is 831 Å². The standard InChI is InChI=1S/C45H29N3S.C42H23N3OS.C42H23N3S2/c1-45(2)36-17-9-7-16-33(36)41-43(45)46-40(29-20-22-39-35(24-29)31-15-8-10-18-38(31)49-39)44(47-41)48-37-25-28-13-4-3-12-27(28)23-34(37)32-21-19-26-11-5-6-14-30(26)42(32)48;1-3-11-26-22-34-31(19-24(26)9-1)32-20-25-10-2-4-12-27(25)23-35(32)45(34)41-39(44-42-40(43-41)30-14-5-7-15-36(30)46-42)28-17-18-38-33(21-28)29-13-6-8-16-37(29)47-38;1-2-11-26-23-34-32(21-25(26)10-1)38-28-12-4-3-9-24(28)17-19-33(38)45(34)41-39(44-42-40(43-41)30-14-6-8-16-36(30)47-42)27-18-20-37-31(22-27)29-13-5-7-15-35(29)46-37/h3-25H,1-2H3;2*1-23H. The summed E-state index contributed by atoms with van der Waals surface area (Å²) in [5, 5.41) is 31.5. The van der Waals surface area contributed by atoms with Crippen LogP contribution in [0.25, 0.3) is 296 Å². The molecule has 666 valence electrons. The van der Waals surface area contributed by atoms with Crippen molar-refractivity contribution in [2.45, 2.75) is 19.3 Å². The van der Waals surface area contributed by atoms with Crippen LogP contribution in [0.5, 0.6) is 0 Å². The summed E-state index contributed by atoms with van der Waals surface area (Å²) in [7, 11) is 0. The fourth-order valence-electron chi connectivity index (χ4n) is 23.1. The van der Waals surface area contributed by atoms with Crippen LogP contribution in [-0.4, -0.2) is 43.6 Å². The molecular formula is C129H75N9OS4. The molecule has 21 aromatic carbocycles. The molecule has 14 heteroatoms. The van der Waals surface area contributed by atoms with Gasteiger partial charge >= 0.3 is 0 Å². The van der Waals surface area contributed by atoms with E-state index in [2.05, 4.69) is 428 Å². The van der Waals surface area contributed by atoms with E-state index in [0.29, 0.717) is 5.71 Å². The maximum Gasteiger partial charge on any atom is 0.247 e. The molecule has 1 aliphatic carbocycles. The van der Waals surface area contributed by atoms with Gasteiger partial charge in [0.25, 0.3) is 0 Å². The summed E-state index contributed by atoms with van der Waals surface area (Å²) in [6.45, 7) is 4.57. The molecule has 0 N–H and O–H groups in total. The minimum atomic E-state index is -0.283. The largest absolute Gasteiger partial charge is 0.436 e. The van der Waals surface area contributed by atoms with Crippen LogP contribution in [0.3, 0.4) is 0 Å². The molecule has 143 heavy (non-hydrogen) atoms. The van der Waals surface area contributed by atoms with Gasteiger partial charge in [0, 0.05) is 141 Å². The van der Waals surface area contributed by atoms with Crippen molar-refractivity contribution in [1.82, 2.24) is 43.6 Å². The fraction of sp³-hybridized carbons (Fsp3) is 0.0233. The third kappa shape index (κ3) is 12.2. The lowest BCUT2D eigenvalue weighted by Crippen LogP contribution is -2.18. The van der Waals surface area contributed by atoms with E-state index in [-0.39, 0.29) is 5.41 Å². The van der Waals surface area contributed by atoms with Crippen LogP contribution in [0.15, 0.2) is 423 Å². The van der Waals surface area contributed by atoms with Gasteiger partial charge in [-0.15, -0.1) is 45.3 Å². The third-order valence-electron chi connectivity index (χ3n) is 29.8. The molecule has 0 amide bonds. The molecule has 10 nitrogen and oxygen atoms in total. The zero-order chi connectivity index (χ0) is 93.7. The molecule has 0 saturated carbocycles. The molecule has 0 aliphatic heterocycles. The van der Waals surface area contributed by atoms with Gasteiger partial charge in [-0.3, -0.25) is 13.7 Å². The number of fused-ring (bicyclic) bond motifs is 35. The SMILES string of the molecule is CC1(C)c2ccccc2-c2nc(-n3c4cc5ccccc5cc4c4ccc5ccccc5c43)c(-c3ccc4sc5ccccc5c4c3)nc21.c1ccc2cc3c(cc2c1)c1c2ccccc2ccc1n3-c1nc2c(nc1-c1ccc3sc4ccccc4c3c1)sc1ccccc12.c1ccc2cc3c(cc2c1)c1cc2ccccc2cc1n3-c1nc2c(nc1-c1ccc3sc4ccccc4c3c1)oc1ccccc12. The van der Waals surface area contributed by atoms with Gasteiger partial charge in [0.1, 0.15) is 38.5 Å². The quantitative estimate of drug-likeness (QED) is 0.163. The number of aromatic nitrogens is 9. The summed E-state index contributed by atoms with van der Waals surface area (Å²) >= 11 is 7.22. The first kappa shape index (κ1) is 80.4. The second-order valence-corrected chi connectivity index (χ2v) is 42.5. The molecule has 0 spiro atoms. The lowest BCUT2D eigenvalue weighted by molar-refractivity contribution is 0.635. The number of nitrogens with zero attached hydrogens (tertiary/aromatic N) is 9. The zero-order valence-corrected chi connectivity index (χ0v) is 80.2. The highest BCUT2D eigenvalue weighted by Crippen LogP contribution is 2.53. The van der Waals surface area contributed by atoms with E-state index in [1.807, 2.05) is 52.2 Å². The molecule has 11 heterocycles. The average Bonchev–Trinajstić information content (AvgIpc) is 1.55. The van der Waals surface area contributed by atoms with Crippen LogP contribution in [0.1, 0.15) is 25.1 Å². The maximum atomic E-state index is 6.34. The molecule has 11 aromatic heterocycles. The summed E-state index contributed by atoms with van der Waals surface area (Å²) in [6.07, 6.45) is 0. The normalized spacial score (nSPS) is 12.7. The highest BCUT2D eigenvalue weighted by molar-refractivity contribution is 7.27. The van der Waals surface area contributed by atoms with Gasteiger partial charge in [0.05, 0.1) is 44.5 Å². The van der Waals surface area contributed by atoms with Gasteiger partial charge in [-0.1, -0.05) is 305 Å². The van der Waals surface area contributed by atoms with Crippen molar-refractivity contribution in [1.29, 1.82) is 0 Å². The topological polar surface area (TPSA) is 105 Å². The van der Waals surface area contributed by atoms with Gasteiger partial charge in [-0.25, -0.2) is 29.9 Å². The van der Waals surface area contributed by atoms with Crippen LogP contribution in [-0.2, 0) is 5.41 Å². The number of hydrogen-bond acceptors (Lipinski definition) is 11. The predicted octanol–water partition coefficient (Wildman–Crippen LogP) is 36.3. The number of rotatable bonds is 6. The summed E-state index contributed by atoms with van der Waals surface area (Å²) in [5.74, 6) is 2.50. The molecule has 33 rings (SSSR count). The number of para-hydroxylation sites is 1. The first-order valence-corrected chi connectivity index (χ1v) is 51.6. The van der Waals surface area contributed by atoms with Gasteiger partial charge in [0.15, 0.2) is 17.5 Å². The molecule has 0 atom stereocenters. The van der Waals surface area contributed by atoms with E-state index in [9.17, 15) is 0 Å². The number of benzene rings is 21. The Balaban J connectivity index is 0.0000000981. The van der Waals surface area contributed by atoms with Crippen LogP contribution < -0.4 is 0 Å². The van der Waals surface area contributed by atoms with Gasteiger partial charge in [-0.2, -0.15) is 0 Å². The first-order chi connectivity index (χ1) is 70.6. The molecule has 32 aromatic rings. The van der Waals surface area contributed by atoms with Crippen molar-refractivity contribution < 1.29 is 4.42 Å². The van der Waals surface area contributed by atoms with Crippen LogP contribution in [0, 0.1) is 0 Å². The lowest BCUT2D eigenvalue weighted by atomic mass is 9.85. The Morgan fingerprint density at radius 2 is 0.608 bits per heavy atom. The summed E-state index contributed by atoms with van der Waals surface area (Å²) in [6, 6.07) is 151. The van der Waals surface area contributed by atoms with E-state index in [0.717, 1.165) is 133 Å². The van der Waals surface area contributed by atoms with E-state index < -0.39 is 0 Å². The Morgan fingerprint density at radius 3 is 1.15 bits per heavy atom. The number of hydrogen-bond donors (Lipinski definition) is 0. The highest BCUT2D eigenvalue weighted by Gasteiger charge is 2.40. The summed E-state index contributed by atoms with van der Waals surface area (Å²) < 4.78 is 22.3. The van der Waals surface area contributed by atoms with Crippen molar-refractivity contribution in [2.24, 2.45) is 0 Å². The average molecular weight is 1900 g/mol. The minimum Gasteiger partial charge on any atom is -0.436 e. The summed E-state index contributed by atoms with van der Waals surface area (Å²) in [5.41, 5.74) is 19.6. The second kappa shape index (κ2) is 30.8. The van der Waals surface area contributed by atoms with Crippen molar-refractivity contribution in [3.05, 3.63) is 430 Å². The minimum absolute atomic E-state index is 0.283. The molecule has 0 saturated heterocycles. The highest BCUT2D eigenvalue weighted by atomic mass is 32.1. The number of thiophene rings is 4. The van der Waals surface area contributed by atoms with Crippen LogP contribution >= 0.6 is 45.3 Å². The Hall–Kier alpha value is -17.5. The summed E-state index contributed by atoms with van der Waals surface area (Å²) in [4.78, 5) is 34.2. The monoisotopic (exact) mass is 1890 g/mol. The second-order valence-electron chi connectivity index (χ2n) is 38.2. The van der Waals surface area contributed by atoms with Crippen molar-refractivity contribution in [2.75, 3.05) is 0 Å². The van der Waals surface area contributed by atoms with Gasteiger partial charge in [-0.05, 0) is 192 Å². The molecule has 0 fully saturated rings. The third-order valence-corrected chi connectivity index (χ3v) is 34.4. The Kier molecular flexibility index (Phi) is 17.3. The van der Waals surface area contributed by atoms with E-state index in [1.54, 1.807) is 11.3 Å². The first-order valence-electron chi connectivity index (χ1n) is 48.3. The van der Waals surface area contributed by atoms with E-state index in [1.165, 1.54) is 168 Å². The Morgan fingerprint density at radius 1 is 0.231 bits per heavy atom. The predicted molar refractivity (Wildman–Crippen MR) is 607 cm³/mol. The van der Waals surface area contributed by atoms with Crippen molar-refractivity contribution in [3.63, 3.8) is 0 Å². The van der Waals surface area contributed by atoms with Crippen LogP contribution in [0.4, 0.5) is 0 Å². The molecule has 0 unspecified atom stereocenters.